The topological polar surface area (TPSA) is 62.3 Å². The van der Waals surface area contributed by atoms with Crippen LogP contribution in [0.3, 0.4) is 0 Å². The summed E-state index contributed by atoms with van der Waals surface area (Å²) in [5, 5.41) is 3.63. The van der Waals surface area contributed by atoms with Crippen LogP contribution in [0.25, 0.3) is 11.1 Å². The number of carbonyl (C=O) groups is 2. The van der Waals surface area contributed by atoms with Gasteiger partial charge in [-0.2, -0.15) is 0 Å². The molecule has 0 unspecified atom stereocenters. The zero-order valence-corrected chi connectivity index (χ0v) is 19.1. The van der Waals surface area contributed by atoms with E-state index >= 15 is 0 Å². The molecule has 34 heavy (non-hydrogen) atoms. The van der Waals surface area contributed by atoms with Gasteiger partial charge in [0.2, 0.25) is 5.91 Å². The Hall–Kier alpha value is -3.96. The van der Waals surface area contributed by atoms with E-state index in [-0.39, 0.29) is 18.2 Å². The number of carbonyl (C=O) groups excluding carboxylic acids is 2. The predicted octanol–water partition coefficient (Wildman–Crippen LogP) is 5.79. The number of rotatable bonds is 5. The van der Waals surface area contributed by atoms with Gasteiger partial charge in [0, 0.05) is 40.4 Å². The van der Waals surface area contributed by atoms with Crippen LogP contribution >= 0.6 is 11.6 Å². The van der Waals surface area contributed by atoms with Crippen molar-refractivity contribution in [1.29, 1.82) is 0 Å². The highest BCUT2D eigenvalue weighted by molar-refractivity contribution is 6.30. The minimum absolute atomic E-state index is 0.0182. The highest BCUT2D eigenvalue weighted by Gasteiger charge is 2.25. The van der Waals surface area contributed by atoms with Gasteiger partial charge in [-0.3, -0.25) is 14.6 Å². The average Bonchev–Trinajstić information content (AvgIpc) is 3.28. The van der Waals surface area contributed by atoms with Crippen LogP contribution in [0.5, 0.6) is 0 Å². The van der Waals surface area contributed by atoms with Crippen molar-refractivity contribution < 1.29 is 9.59 Å². The minimum atomic E-state index is -0.198. The van der Waals surface area contributed by atoms with Crippen molar-refractivity contribution in [2.24, 2.45) is 0 Å². The van der Waals surface area contributed by atoms with Gasteiger partial charge in [0.25, 0.3) is 5.91 Å². The molecule has 0 radical (unpaired) electrons. The molecule has 0 spiro atoms. The van der Waals surface area contributed by atoms with E-state index in [1.807, 2.05) is 78.9 Å². The Morgan fingerprint density at radius 3 is 2.62 bits per heavy atom. The van der Waals surface area contributed by atoms with Gasteiger partial charge in [0.05, 0.1) is 6.42 Å². The Morgan fingerprint density at radius 1 is 0.941 bits per heavy atom. The normalized spacial score (nSPS) is 12.3. The second kappa shape index (κ2) is 9.49. The van der Waals surface area contributed by atoms with E-state index in [4.69, 9.17) is 11.6 Å². The highest BCUT2D eigenvalue weighted by Crippen LogP contribution is 2.32. The lowest BCUT2D eigenvalue weighted by molar-refractivity contribution is -0.117. The molecule has 0 aliphatic carbocycles. The molecular weight excluding hydrogens is 446 g/mol. The van der Waals surface area contributed by atoms with Crippen molar-refractivity contribution >= 4 is 34.8 Å². The Morgan fingerprint density at radius 2 is 1.79 bits per heavy atom. The number of hydrogen-bond acceptors (Lipinski definition) is 3. The number of benzene rings is 3. The van der Waals surface area contributed by atoms with Crippen LogP contribution < -0.4 is 10.2 Å². The number of aromatic nitrogens is 1. The summed E-state index contributed by atoms with van der Waals surface area (Å²) in [6.07, 6.45) is 2.70. The molecule has 1 aromatic heterocycles. The quantitative estimate of drug-likeness (QED) is 0.404. The van der Waals surface area contributed by atoms with Gasteiger partial charge in [-0.1, -0.05) is 48.0 Å². The largest absolute Gasteiger partial charge is 0.322 e. The Kier molecular flexibility index (Phi) is 6.11. The number of anilines is 2. The third-order valence-corrected chi connectivity index (χ3v) is 6.13. The molecule has 5 nitrogen and oxygen atoms in total. The van der Waals surface area contributed by atoms with Crippen LogP contribution in [0.2, 0.25) is 5.02 Å². The van der Waals surface area contributed by atoms with E-state index < -0.39 is 0 Å². The van der Waals surface area contributed by atoms with Crippen molar-refractivity contribution in [1.82, 2.24) is 4.98 Å². The molecule has 0 atom stereocenters. The van der Waals surface area contributed by atoms with E-state index in [9.17, 15) is 9.59 Å². The second-order valence-corrected chi connectivity index (χ2v) is 8.58. The zero-order valence-electron chi connectivity index (χ0n) is 18.4. The van der Waals surface area contributed by atoms with Gasteiger partial charge in [-0.05, 0) is 71.6 Å². The summed E-state index contributed by atoms with van der Waals surface area (Å²) in [5.41, 5.74) is 5.64. The average molecular weight is 468 g/mol. The number of fused-ring (bicyclic) bond motifs is 1. The van der Waals surface area contributed by atoms with Gasteiger partial charge < -0.3 is 10.2 Å². The number of nitrogens with zero attached hydrogens (tertiary/aromatic N) is 2. The monoisotopic (exact) mass is 467 g/mol. The molecule has 0 fully saturated rings. The molecule has 3 aromatic carbocycles. The number of nitrogens with one attached hydrogen (secondary N) is 1. The first-order valence-corrected chi connectivity index (χ1v) is 11.5. The zero-order chi connectivity index (χ0) is 23.5. The van der Waals surface area contributed by atoms with Crippen molar-refractivity contribution in [3.8, 4) is 11.1 Å². The van der Waals surface area contributed by atoms with Crippen LogP contribution in [0, 0.1) is 0 Å². The third kappa shape index (κ3) is 4.56. The minimum Gasteiger partial charge on any atom is -0.322 e. The van der Waals surface area contributed by atoms with Gasteiger partial charge >= 0.3 is 0 Å². The number of halogens is 1. The fourth-order valence-electron chi connectivity index (χ4n) is 4.28. The fraction of sp³-hybridized carbons (Fsp3) is 0.107. The third-order valence-electron chi connectivity index (χ3n) is 5.90. The molecule has 1 N–H and O–H groups in total. The standard InChI is InChI=1S/C28H22ClN3O2/c29-21-7-5-6-19(16-21)24-9-1-2-10-25(24)28(34)31-23-11-12-26-20(17-23)13-15-32(26)27(33)18-22-8-3-4-14-30-22/h1-12,14,16-17H,13,15,18H2,(H,31,34). The lowest BCUT2D eigenvalue weighted by Gasteiger charge is -2.17. The Bertz CT molecular complexity index is 1370. The summed E-state index contributed by atoms with van der Waals surface area (Å²) >= 11 is 6.16. The highest BCUT2D eigenvalue weighted by atomic mass is 35.5. The lowest BCUT2D eigenvalue weighted by atomic mass is 9.99. The first kappa shape index (κ1) is 21.9. The predicted molar refractivity (Wildman–Crippen MR) is 135 cm³/mol. The molecule has 168 valence electrons. The summed E-state index contributed by atoms with van der Waals surface area (Å²) in [4.78, 5) is 32.0. The summed E-state index contributed by atoms with van der Waals surface area (Å²) < 4.78 is 0. The Balaban J connectivity index is 1.34. The van der Waals surface area contributed by atoms with Crippen LogP contribution in [0.1, 0.15) is 21.6 Å². The van der Waals surface area contributed by atoms with Gasteiger partial charge in [0.15, 0.2) is 0 Å². The van der Waals surface area contributed by atoms with Crippen molar-refractivity contribution in [3.63, 3.8) is 0 Å². The molecule has 2 amide bonds. The van der Waals surface area contributed by atoms with Crippen molar-refractivity contribution in [3.05, 3.63) is 113 Å². The number of amides is 2. The summed E-state index contributed by atoms with van der Waals surface area (Å²) in [7, 11) is 0. The molecular formula is C28H22ClN3O2. The smallest absolute Gasteiger partial charge is 0.256 e. The van der Waals surface area contributed by atoms with Gasteiger partial charge in [-0.15, -0.1) is 0 Å². The molecule has 0 bridgehead atoms. The molecule has 0 saturated heterocycles. The van der Waals surface area contributed by atoms with E-state index in [1.165, 1.54) is 0 Å². The van der Waals surface area contributed by atoms with Gasteiger partial charge in [0.1, 0.15) is 0 Å². The first-order chi connectivity index (χ1) is 16.6. The maximum Gasteiger partial charge on any atom is 0.256 e. The van der Waals surface area contributed by atoms with E-state index in [2.05, 4.69) is 10.3 Å². The number of hydrogen-bond donors (Lipinski definition) is 1. The number of pyridine rings is 1. The van der Waals surface area contributed by atoms with Crippen LogP contribution in [0.4, 0.5) is 11.4 Å². The van der Waals surface area contributed by atoms with Gasteiger partial charge in [-0.25, -0.2) is 0 Å². The molecule has 0 saturated carbocycles. The fourth-order valence-corrected chi connectivity index (χ4v) is 4.47. The maximum absolute atomic E-state index is 13.2. The Labute approximate surface area is 203 Å². The summed E-state index contributed by atoms with van der Waals surface area (Å²) in [6, 6.07) is 26.2. The first-order valence-electron chi connectivity index (χ1n) is 11.1. The van der Waals surface area contributed by atoms with Crippen LogP contribution in [-0.2, 0) is 17.6 Å². The molecule has 5 rings (SSSR count). The van der Waals surface area contributed by atoms with Crippen LogP contribution in [0.15, 0.2) is 91.1 Å². The van der Waals surface area contributed by atoms with E-state index in [0.29, 0.717) is 22.8 Å². The summed E-state index contributed by atoms with van der Waals surface area (Å²) in [5.74, 6) is -0.179. The van der Waals surface area contributed by atoms with Crippen molar-refractivity contribution in [2.45, 2.75) is 12.8 Å². The SMILES string of the molecule is O=C(Nc1ccc2c(c1)CCN2C(=O)Cc1ccccn1)c1ccccc1-c1cccc(Cl)c1. The molecule has 1 aliphatic heterocycles. The van der Waals surface area contributed by atoms with Crippen LogP contribution in [-0.4, -0.2) is 23.3 Å². The molecule has 4 aromatic rings. The molecule has 2 heterocycles. The van der Waals surface area contributed by atoms with Crippen molar-refractivity contribution in [2.75, 3.05) is 16.8 Å². The maximum atomic E-state index is 13.2. The second-order valence-electron chi connectivity index (χ2n) is 8.15. The molecule has 6 heteroatoms. The van der Waals surface area contributed by atoms with E-state index in [1.54, 1.807) is 17.2 Å². The van der Waals surface area contributed by atoms with E-state index in [0.717, 1.165) is 34.5 Å². The summed E-state index contributed by atoms with van der Waals surface area (Å²) in [6.45, 7) is 0.621. The molecule has 1 aliphatic rings. The lowest BCUT2D eigenvalue weighted by Crippen LogP contribution is -2.30.